The molecule has 0 fully saturated rings. The molecule has 0 saturated carbocycles. The molecule has 0 saturated heterocycles. The van der Waals surface area contributed by atoms with Crippen LogP contribution in [0.4, 0.5) is 0 Å². The fourth-order valence-corrected chi connectivity index (χ4v) is 5.90. The molecule has 0 heterocycles. The molecule has 0 N–H and O–H groups in total. The minimum absolute atomic E-state index is 0.615. The molecule has 0 spiro atoms. The topological polar surface area (TPSA) is 0 Å². The number of hydrogen-bond acceptors (Lipinski definition) is 0. The maximum absolute atomic E-state index is 6.37. The largest absolute Gasteiger partial charge is 0.0843 e. The molecule has 0 radical (unpaired) electrons. The molecule has 0 aliphatic rings. The third-order valence-electron chi connectivity index (χ3n) is 6.23. The van der Waals surface area contributed by atoms with Crippen LogP contribution in [0.15, 0.2) is 97.1 Å². The van der Waals surface area contributed by atoms with E-state index in [4.69, 9.17) is 46.4 Å². The molecule has 0 unspecified atom stereocenters. The third-order valence-corrected chi connectivity index (χ3v) is 7.10. The van der Waals surface area contributed by atoms with Crippen molar-refractivity contribution in [2.24, 2.45) is 0 Å². The van der Waals surface area contributed by atoms with Gasteiger partial charge in [0.1, 0.15) is 0 Å². The lowest BCUT2D eigenvalue weighted by atomic mass is 9.88. The Morgan fingerprint density at radius 3 is 1.00 bits per heavy atom. The molecule has 6 aromatic rings. The summed E-state index contributed by atoms with van der Waals surface area (Å²) in [6.07, 6.45) is 0. The van der Waals surface area contributed by atoms with Gasteiger partial charge in [-0.2, -0.15) is 0 Å². The van der Waals surface area contributed by atoms with E-state index >= 15 is 0 Å². The molecule has 6 aromatic carbocycles. The Hall–Kier alpha value is -2.74. The predicted molar refractivity (Wildman–Crippen MR) is 150 cm³/mol. The minimum atomic E-state index is 0.615. The van der Waals surface area contributed by atoms with Crippen molar-refractivity contribution in [3.63, 3.8) is 0 Å². The average molecular weight is 518 g/mol. The summed E-state index contributed by atoms with van der Waals surface area (Å²) in [7, 11) is 0. The highest BCUT2D eigenvalue weighted by Crippen LogP contribution is 2.43. The first-order valence-corrected chi connectivity index (χ1v) is 12.3. The summed E-state index contributed by atoms with van der Waals surface area (Å²) >= 11 is 25.5. The van der Waals surface area contributed by atoms with E-state index in [-0.39, 0.29) is 0 Å². The fraction of sp³-hybridized carbons (Fsp3) is 0. The molecule has 0 aliphatic carbocycles. The van der Waals surface area contributed by atoms with Crippen LogP contribution >= 0.6 is 46.4 Å². The van der Waals surface area contributed by atoms with Crippen LogP contribution < -0.4 is 0 Å². The van der Waals surface area contributed by atoms with Gasteiger partial charge in [0.2, 0.25) is 0 Å². The van der Waals surface area contributed by atoms with E-state index in [9.17, 15) is 0 Å². The van der Waals surface area contributed by atoms with Gasteiger partial charge in [-0.15, -0.1) is 0 Å². The SMILES string of the molecule is Clc1cc(Cl)cc(-c2cc3c4ccccc4c(-c4cc(Cl)cc(Cl)c4)cc3c3ccccc23)c1. The summed E-state index contributed by atoms with van der Waals surface area (Å²) in [6.45, 7) is 0. The Morgan fingerprint density at radius 1 is 0.324 bits per heavy atom. The van der Waals surface area contributed by atoms with Crippen molar-refractivity contribution in [1.82, 2.24) is 0 Å². The van der Waals surface area contributed by atoms with Crippen molar-refractivity contribution in [3.8, 4) is 22.3 Å². The van der Waals surface area contributed by atoms with Crippen LogP contribution in [0.2, 0.25) is 20.1 Å². The van der Waals surface area contributed by atoms with Crippen molar-refractivity contribution in [2.75, 3.05) is 0 Å². The Kier molecular flexibility index (Phi) is 5.43. The van der Waals surface area contributed by atoms with E-state index in [0.29, 0.717) is 20.1 Å². The summed E-state index contributed by atoms with van der Waals surface area (Å²) in [6, 6.07) is 32.7. The van der Waals surface area contributed by atoms with Crippen LogP contribution in [0.1, 0.15) is 0 Å². The number of rotatable bonds is 2. The van der Waals surface area contributed by atoms with Crippen LogP contribution in [0.5, 0.6) is 0 Å². The molecule has 0 bridgehead atoms. The molecular formula is C30H16Cl4. The van der Waals surface area contributed by atoms with Crippen molar-refractivity contribution < 1.29 is 0 Å². The van der Waals surface area contributed by atoms with Crippen molar-refractivity contribution in [3.05, 3.63) is 117 Å². The molecule has 34 heavy (non-hydrogen) atoms. The normalized spacial score (nSPS) is 11.5. The van der Waals surface area contributed by atoms with Gasteiger partial charge in [-0.05, 0) is 103 Å². The second-order valence-electron chi connectivity index (χ2n) is 8.35. The molecule has 0 atom stereocenters. The van der Waals surface area contributed by atoms with Gasteiger partial charge in [-0.1, -0.05) is 94.9 Å². The van der Waals surface area contributed by atoms with Crippen LogP contribution in [-0.4, -0.2) is 0 Å². The van der Waals surface area contributed by atoms with Crippen molar-refractivity contribution in [2.45, 2.75) is 0 Å². The predicted octanol–water partition coefficient (Wildman–Crippen LogP) is 11.1. The van der Waals surface area contributed by atoms with Crippen LogP contribution in [0, 0.1) is 0 Å². The van der Waals surface area contributed by atoms with Gasteiger partial charge in [0.25, 0.3) is 0 Å². The molecule has 0 nitrogen and oxygen atoms in total. The summed E-state index contributed by atoms with van der Waals surface area (Å²) < 4.78 is 0. The zero-order chi connectivity index (χ0) is 23.4. The van der Waals surface area contributed by atoms with Crippen molar-refractivity contribution >= 4 is 78.7 Å². The molecule has 0 amide bonds. The maximum Gasteiger partial charge on any atom is 0.0426 e. The smallest absolute Gasteiger partial charge is 0.0426 e. The number of halogens is 4. The first-order valence-electron chi connectivity index (χ1n) is 10.8. The minimum Gasteiger partial charge on any atom is -0.0843 e. The van der Waals surface area contributed by atoms with Crippen LogP contribution in [-0.2, 0) is 0 Å². The van der Waals surface area contributed by atoms with Crippen LogP contribution in [0.3, 0.4) is 0 Å². The van der Waals surface area contributed by atoms with E-state index in [1.807, 2.05) is 24.3 Å². The second-order valence-corrected chi connectivity index (χ2v) is 10.1. The van der Waals surface area contributed by atoms with Gasteiger partial charge < -0.3 is 0 Å². The monoisotopic (exact) mass is 516 g/mol. The van der Waals surface area contributed by atoms with Crippen LogP contribution in [0.25, 0.3) is 54.6 Å². The lowest BCUT2D eigenvalue weighted by Crippen LogP contribution is -1.89. The highest BCUT2D eigenvalue weighted by molar-refractivity contribution is 6.36. The Labute approximate surface area is 217 Å². The second kappa shape index (κ2) is 8.48. The Morgan fingerprint density at radius 2 is 0.647 bits per heavy atom. The van der Waals surface area contributed by atoms with Gasteiger partial charge in [-0.25, -0.2) is 0 Å². The molecule has 164 valence electrons. The first kappa shape index (κ1) is 21.8. The number of hydrogen-bond donors (Lipinski definition) is 0. The van der Waals surface area contributed by atoms with E-state index in [1.165, 1.54) is 0 Å². The molecule has 4 heteroatoms. The summed E-state index contributed by atoms with van der Waals surface area (Å²) in [5.41, 5.74) is 4.17. The maximum atomic E-state index is 6.37. The van der Waals surface area contributed by atoms with Gasteiger partial charge in [0.05, 0.1) is 0 Å². The third kappa shape index (κ3) is 3.72. The molecule has 0 aromatic heterocycles. The van der Waals surface area contributed by atoms with E-state index in [0.717, 1.165) is 54.6 Å². The van der Waals surface area contributed by atoms with E-state index in [1.54, 1.807) is 12.1 Å². The highest BCUT2D eigenvalue weighted by Gasteiger charge is 2.15. The zero-order valence-corrected chi connectivity index (χ0v) is 20.8. The lowest BCUT2D eigenvalue weighted by Gasteiger charge is -2.16. The Bertz CT molecular complexity index is 1580. The van der Waals surface area contributed by atoms with Gasteiger partial charge >= 0.3 is 0 Å². The highest BCUT2D eigenvalue weighted by atomic mass is 35.5. The molecule has 6 rings (SSSR count). The average Bonchev–Trinajstić information content (AvgIpc) is 2.81. The zero-order valence-electron chi connectivity index (χ0n) is 17.7. The fourth-order valence-electron chi connectivity index (χ4n) is 4.85. The number of benzene rings is 6. The summed E-state index contributed by atoms with van der Waals surface area (Å²) in [5.74, 6) is 0. The van der Waals surface area contributed by atoms with Gasteiger partial charge in [0, 0.05) is 20.1 Å². The molecular weight excluding hydrogens is 502 g/mol. The van der Waals surface area contributed by atoms with Gasteiger partial charge in [0.15, 0.2) is 0 Å². The quantitative estimate of drug-likeness (QED) is 0.200. The molecule has 0 aliphatic heterocycles. The van der Waals surface area contributed by atoms with Gasteiger partial charge in [-0.3, -0.25) is 0 Å². The first-order chi connectivity index (χ1) is 16.5. The summed E-state index contributed by atoms with van der Waals surface area (Å²) in [5, 5.41) is 9.38. The lowest BCUT2D eigenvalue weighted by molar-refractivity contribution is 1.65. The summed E-state index contributed by atoms with van der Waals surface area (Å²) in [4.78, 5) is 0. The number of fused-ring (bicyclic) bond motifs is 5. The van der Waals surface area contributed by atoms with E-state index in [2.05, 4.69) is 60.7 Å². The van der Waals surface area contributed by atoms with E-state index < -0.39 is 0 Å². The Balaban J connectivity index is 1.78. The standard InChI is InChI=1S/C30H16Cl4/c31-19-9-17(10-20(32)13-19)27-15-30-26-8-4-2-6-24(26)28(18-11-21(33)14-22(34)12-18)16-29(30)25-7-3-1-5-23(25)27/h1-16H. The van der Waals surface area contributed by atoms with Crippen molar-refractivity contribution in [1.29, 1.82) is 0 Å².